The maximum Gasteiger partial charge on any atom is 0.0701 e. The fourth-order valence-corrected chi connectivity index (χ4v) is 3.00. The van der Waals surface area contributed by atoms with E-state index in [1.807, 2.05) is 11.3 Å². The van der Waals surface area contributed by atoms with E-state index in [1.165, 1.54) is 21.6 Å². The molecule has 0 spiro atoms. The molecule has 0 saturated carbocycles. The molecule has 1 nitrogen and oxygen atoms in total. The first-order chi connectivity index (χ1) is 5.36. The third kappa shape index (κ3) is 1.66. The smallest absolute Gasteiger partial charge is 0.0701 e. The van der Waals surface area contributed by atoms with E-state index in [1.54, 1.807) is 0 Å². The van der Waals surface area contributed by atoms with Crippen LogP contribution < -0.4 is 5.32 Å². The van der Waals surface area contributed by atoms with Crippen molar-refractivity contribution in [3.63, 3.8) is 0 Å². The summed E-state index contributed by atoms with van der Waals surface area (Å²) >= 11 is 5.34. The number of thiophene rings is 1. The first-order valence-electron chi connectivity index (χ1n) is 3.82. The molecule has 1 aliphatic heterocycles. The summed E-state index contributed by atoms with van der Waals surface area (Å²) in [5, 5.41) is 3.37. The van der Waals surface area contributed by atoms with E-state index in [4.69, 9.17) is 0 Å². The quantitative estimate of drug-likeness (QED) is 0.784. The predicted molar refractivity (Wildman–Crippen MR) is 52.2 cm³/mol. The van der Waals surface area contributed by atoms with E-state index >= 15 is 0 Å². The lowest BCUT2D eigenvalue weighted by Crippen LogP contribution is -2.07. The summed E-state index contributed by atoms with van der Waals surface area (Å²) in [5.74, 6) is 0.770. The van der Waals surface area contributed by atoms with E-state index in [-0.39, 0.29) is 0 Å². The van der Waals surface area contributed by atoms with E-state index in [2.05, 4.69) is 33.4 Å². The Bertz CT molecular complexity index is 240. The molecule has 0 aliphatic carbocycles. The fraction of sp³-hybridized carbons (Fsp3) is 0.500. The van der Waals surface area contributed by atoms with Crippen LogP contribution in [0.4, 0.5) is 0 Å². The number of hydrogen-bond acceptors (Lipinski definition) is 2. The van der Waals surface area contributed by atoms with Gasteiger partial charge in [0.25, 0.3) is 0 Å². The molecule has 0 amide bonds. The molecule has 11 heavy (non-hydrogen) atoms. The Balaban J connectivity index is 2.15. The van der Waals surface area contributed by atoms with Crippen LogP contribution in [0.2, 0.25) is 0 Å². The Morgan fingerprint density at radius 1 is 1.55 bits per heavy atom. The maximum atomic E-state index is 3.48. The van der Waals surface area contributed by atoms with Crippen LogP contribution in [0.1, 0.15) is 17.2 Å². The molecule has 0 bridgehead atoms. The highest BCUT2D eigenvalue weighted by Crippen LogP contribution is 2.31. The third-order valence-electron chi connectivity index (χ3n) is 2.06. The van der Waals surface area contributed by atoms with Crippen molar-refractivity contribution in [1.82, 2.24) is 5.32 Å². The molecule has 1 N–H and O–H groups in total. The highest BCUT2D eigenvalue weighted by atomic mass is 79.9. The molecule has 1 saturated heterocycles. The maximum absolute atomic E-state index is 3.48. The fourth-order valence-electron chi connectivity index (χ4n) is 1.45. The number of hydrogen-bond donors (Lipinski definition) is 1. The molecule has 1 aliphatic rings. The van der Waals surface area contributed by atoms with Gasteiger partial charge >= 0.3 is 0 Å². The van der Waals surface area contributed by atoms with E-state index in [0.29, 0.717) is 0 Å². The van der Waals surface area contributed by atoms with Gasteiger partial charge in [0.05, 0.1) is 3.79 Å². The molecular formula is C8H10BrNS. The topological polar surface area (TPSA) is 12.0 Å². The summed E-state index contributed by atoms with van der Waals surface area (Å²) in [6, 6.07) is 4.37. The molecule has 1 aromatic rings. The molecular weight excluding hydrogens is 222 g/mol. The zero-order chi connectivity index (χ0) is 7.68. The Kier molecular flexibility index (Phi) is 2.30. The summed E-state index contributed by atoms with van der Waals surface area (Å²) in [4.78, 5) is 1.52. The van der Waals surface area contributed by atoms with E-state index < -0.39 is 0 Å². The molecule has 60 valence electrons. The summed E-state index contributed by atoms with van der Waals surface area (Å²) in [7, 11) is 0. The first-order valence-corrected chi connectivity index (χ1v) is 5.43. The Morgan fingerprint density at radius 2 is 2.45 bits per heavy atom. The van der Waals surface area contributed by atoms with Crippen LogP contribution in [0.25, 0.3) is 0 Å². The summed E-state index contributed by atoms with van der Waals surface area (Å²) < 4.78 is 1.25. The average molecular weight is 232 g/mol. The molecule has 1 unspecified atom stereocenters. The van der Waals surface area contributed by atoms with Crippen LogP contribution in [-0.2, 0) is 0 Å². The van der Waals surface area contributed by atoms with Gasteiger partial charge in [-0.3, -0.25) is 0 Å². The summed E-state index contributed by atoms with van der Waals surface area (Å²) in [5.41, 5.74) is 0. The monoisotopic (exact) mass is 231 g/mol. The molecule has 0 radical (unpaired) electrons. The Hall–Kier alpha value is 0.140. The van der Waals surface area contributed by atoms with Crippen molar-refractivity contribution in [3.8, 4) is 0 Å². The zero-order valence-corrected chi connectivity index (χ0v) is 8.54. The Morgan fingerprint density at radius 3 is 3.00 bits per heavy atom. The van der Waals surface area contributed by atoms with Crippen LogP contribution in [0.5, 0.6) is 0 Å². The van der Waals surface area contributed by atoms with Crippen LogP contribution in [0.15, 0.2) is 15.9 Å². The van der Waals surface area contributed by atoms with Gasteiger partial charge in [-0.15, -0.1) is 11.3 Å². The van der Waals surface area contributed by atoms with Gasteiger partial charge in [0.15, 0.2) is 0 Å². The van der Waals surface area contributed by atoms with Crippen LogP contribution in [-0.4, -0.2) is 13.1 Å². The zero-order valence-electron chi connectivity index (χ0n) is 6.14. The number of nitrogens with one attached hydrogen (secondary N) is 1. The van der Waals surface area contributed by atoms with E-state index in [0.717, 1.165) is 12.5 Å². The summed E-state index contributed by atoms with van der Waals surface area (Å²) in [6.45, 7) is 2.34. The van der Waals surface area contributed by atoms with Gasteiger partial charge < -0.3 is 5.32 Å². The molecule has 2 heterocycles. The average Bonchev–Trinajstić information content (AvgIpc) is 2.55. The predicted octanol–water partition coefficient (Wildman–Crippen LogP) is 2.59. The minimum Gasteiger partial charge on any atom is -0.316 e. The van der Waals surface area contributed by atoms with Crippen molar-refractivity contribution in [2.24, 2.45) is 0 Å². The van der Waals surface area contributed by atoms with Crippen molar-refractivity contribution in [2.45, 2.75) is 12.3 Å². The second kappa shape index (κ2) is 3.25. The van der Waals surface area contributed by atoms with Crippen molar-refractivity contribution < 1.29 is 0 Å². The molecule has 3 heteroatoms. The van der Waals surface area contributed by atoms with Crippen molar-refractivity contribution in [3.05, 3.63) is 20.8 Å². The number of halogens is 1. The van der Waals surface area contributed by atoms with Gasteiger partial charge in [0, 0.05) is 17.3 Å². The molecule has 1 fully saturated rings. The summed E-state index contributed by atoms with van der Waals surface area (Å²) in [6.07, 6.45) is 1.30. The first kappa shape index (κ1) is 7.77. The Labute approximate surface area is 78.9 Å². The van der Waals surface area contributed by atoms with Crippen LogP contribution in [0.3, 0.4) is 0 Å². The lowest BCUT2D eigenvalue weighted by molar-refractivity contribution is 0.779. The normalized spacial score (nSPS) is 24.3. The number of rotatable bonds is 1. The SMILES string of the molecule is Brc1ccc(C2CCNC2)s1. The lowest BCUT2D eigenvalue weighted by atomic mass is 10.1. The molecule has 0 aromatic carbocycles. The van der Waals surface area contributed by atoms with Gasteiger partial charge in [-0.05, 0) is 41.0 Å². The lowest BCUT2D eigenvalue weighted by Gasteiger charge is -2.02. The highest BCUT2D eigenvalue weighted by Gasteiger charge is 2.17. The minimum absolute atomic E-state index is 0.770. The second-order valence-electron chi connectivity index (χ2n) is 2.83. The van der Waals surface area contributed by atoms with Crippen molar-refractivity contribution in [2.75, 3.05) is 13.1 Å². The largest absolute Gasteiger partial charge is 0.316 e. The van der Waals surface area contributed by atoms with Gasteiger partial charge in [-0.2, -0.15) is 0 Å². The van der Waals surface area contributed by atoms with Gasteiger partial charge in [0.1, 0.15) is 0 Å². The van der Waals surface area contributed by atoms with Crippen LogP contribution in [0, 0.1) is 0 Å². The van der Waals surface area contributed by atoms with Gasteiger partial charge in [0.2, 0.25) is 0 Å². The second-order valence-corrected chi connectivity index (χ2v) is 5.33. The van der Waals surface area contributed by atoms with Crippen molar-refractivity contribution in [1.29, 1.82) is 0 Å². The highest BCUT2D eigenvalue weighted by molar-refractivity contribution is 9.11. The standard InChI is InChI=1S/C8H10BrNS/c9-8-2-1-7(11-8)6-3-4-10-5-6/h1-2,6,10H,3-5H2. The molecule has 1 aromatic heterocycles. The van der Waals surface area contributed by atoms with Crippen molar-refractivity contribution >= 4 is 27.3 Å². The van der Waals surface area contributed by atoms with Crippen LogP contribution >= 0.6 is 27.3 Å². The third-order valence-corrected chi connectivity index (χ3v) is 3.84. The molecule has 1 atom stereocenters. The van der Waals surface area contributed by atoms with Gasteiger partial charge in [-0.1, -0.05) is 0 Å². The van der Waals surface area contributed by atoms with E-state index in [9.17, 15) is 0 Å². The minimum atomic E-state index is 0.770. The van der Waals surface area contributed by atoms with Gasteiger partial charge in [-0.25, -0.2) is 0 Å². The molecule has 2 rings (SSSR count).